The number of ether oxygens (including phenoxy) is 2. The van der Waals surface area contributed by atoms with Gasteiger partial charge in [-0.25, -0.2) is 9.37 Å². The van der Waals surface area contributed by atoms with Gasteiger partial charge in [0.1, 0.15) is 23.1 Å². The highest BCUT2D eigenvalue weighted by molar-refractivity contribution is 7.22. The molecular formula is C28H21FN2O5S. The minimum absolute atomic E-state index is 0.0442. The van der Waals surface area contributed by atoms with Crippen LogP contribution in [0.4, 0.5) is 9.52 Å². The van der Waals surface area contributed by atoms with Crippen LogP contribution < -0.4 is 14.4 Å². The summed E-state index contributed by atoms with van der Waals surface area (Å²) >= 11 is 1.11. The van der Waals surface area contributed by atoms with E-state index in [4.69, 9.17) is 9.47 Å². The number of aromatic nitrogens is 1. The number of ketones is 1. The maximum atomic E-state index is 13.8. The molecule has 0 spiro atoms. The maximum absolute atomic E-state index is 13.8. The van der Waals surface area contributed by atoms with Crippen LogP contribution in [0.5, 0.6) is 11.5 Å². The molecule has 0 aliphatic carbocycles. The third-order valence-corrected chi connectivity index (χ3v) is 7.62. The Bertz CT molecular complexity index is 1590. The van der Waals surface area contributed by atoms with E-state index < -0.39 is 23.5 Å². The molecule has 2 aliphatic heterocycles. The van der Waals surface area contributed by atoms with Crippen LogP contribution in [-0.4, -0.2) is 35.5 Å². The van der Waals surface area contributed by atoms with E-state index in [1.807, 2.05) is 0 Å². The minimum Gasteiger partial charge on any atom is -0.507 e. The van der Waals surface area contributed by atoms with Gasteiger partial charge in [0.25, 0.3) is 5.78 Å². The third-order valence-electron chi connectivity index (χ3n) is 6.60. The zero-order valence-electron chi connectivity index (χ0n) is 19.7. The second kappa shape index (κ2) is 9.01. The van der Waals surface area contributed by atoms with E-state index in [1.54, 1.807) is 49.6 Å². The molecule has 6 rings (SSSR count). The first-order valence-corrected chi connectivity index (χ1v) is 12.5. The molecule has 3 aromatic carbocycles. The smallest absolute Gasteiger partial charge is 0.301 e. The fourth-order valence-electron chi connectivity index (χ4n) is 4.78. The molecule has 1 atom stereocenters. The molecule has 9 heteroatoms. The quantitative estimate of drug-likeness (QED) is 0.222. The average Bonchev–Trinajstić information content (AvgIpc) is 3.45. The van der Waals surface area contributed by atoms with Gasteiger partial charge in [-0.3, -0.25) is 14.5 Å². The number of nitrogens with zero attached hydrogens (tertiary/aromatic N) is 2. The van der Waals surface area contributed by atoms with E-state index in [-0.39, 0.29) is 16.5 Å². The van der Waals surface area contributed by atoms with Crippen molar-refractivity contribution in [2.24, 2.45) is 0 Å². The molecule has 186 valence electrons. The van der Waals surface area contributed by atoms with Crippen molar-refractivity contribution in [1.82, 2.24) is 4.98 Å². The van der Waals surface area contributed by atoms with E-state index in [2.05, 4.69) is 4.98 Å². The Balaban J connectivity index is 1.53. The highest BCUT2D eigenvalue weighted by atomic mass is 32.1. The molecule has 0 radical (unpaired) electrons. The Hall–Kier alpha value is -4.24. The van der Waals surface area contributed by atoms with E-state index >= 15 is 0 Å². The number of hydrogen-bond acceptors (Lipinski definition) is 7. The van der Waals surface area contributed by atoms with E-state index in [0.29, 0.717) is 33.7 Å². The van der Waals surface area contributed by atoms with Gasteiger partial charge in [-0.15, -0.1) is 0 Å². The summed E-state index contributed by atoms with van der Waals surface area (Å²) in [5.74, 6) is -0.988. The Morgan fingerprint density at radius 3 is 2.73 bits per heavy atom. The summed E-state index contributed by atoms with van der Waals surface area (Å²) in [6.45, 7) is 0.632. The van der Waals surface area contributed by atoms with E-state index in [0.717, 1.165) is 35.5 Å². The fraction of sp³-hybridized carbons (Fsp3) is 0.179. The first-order chi connectivity index (χ1) is 17.9. The number of halogens is 1. The van der Waals surface area contributed by atoms with Gasteiger partial charge in [0.05, 0.1) is 35.5 Å². The van der Waals surface area contributed by atoms with Crippen molar-refractivity contribution < 1.29 is 28.6 Å². The number of anilines is 1. The van der Waals surface area contributed by atoms with Gasteiger partial charge in [0.2, 0.25) is 0 Å². The normalized spacial score (nSPS) is 18.6. The van der Waals surface area contributed by atoms with Crippen LogP contribution in [0, 0.1) is 5.82 Å². The van der Waals surface area contributed by atoms with E-state index in [9.17, 15) is 19.1 Å². The third kappa shape index (κ3) is 3.92. The Labute approximate surface area is 215 Å². The number of methoxy groups -OCH3 is 1. The first-order valence-electron chi connectivity index (χ1n) is 11.7. The lowest BCUT2D eigenvalue weighted by molar-refractivity contribution is -0.132. The second-order valence-corrected chi connectivity index (χ2v) is 9.83. The van der Waals surface area contributed by atoms with Crippen LogP contribution >= 0.6 is 11.3 Å². The van der Waals surface area contributed by atoms with Gasteiger partial charge >= 0.3 is 5.91 Å². The zero-order chi connectivity index (χ0) is 25.7. The predicted molar refractivity (Wildman–Crippen MR) is 138 cm³/mol. The minimum atomic E-state index is -0.941. The molecule has 2 aliphatic rings. The lowest BCUT2D eigenvalue weighted by Crippen LogP contribution is -2.29. The lowest BCUT2D eigenvalue weighted by atomic mass is 9.94. The predicted octanol–water partition coefficient (Wildman–Crippen LogP) is 5.40. The lowest BCUT2D eigenvalue weighted by Gasteiger charge is -2.23. The van der Waals surface area contributed by atoms with Gasteiger partial charge in [0, 0.05) is 5.56 Å². The number of aliphatic hydroxyl groups is 1. The van der Waals surface area contributed by atoms with Crippen molar-refractivity contribution in [3.63, 3.8) is 0 Å². The SMILES string of the molecule is COc1ccc(C2/C(=C(\O)c3ccc4c(c3)CCCO4)C(=O)C(=O)N2c2nc3ccc(F)cc3s2)cc1. The first kappa shape index (κ1) is 23.2. The van der Waals surface area contributed by atoms with Crippen molar-refractivity contribution in [3.8, 4) is 11.5 Å². The second-order valence-electron chi connectivity index (χ2n) is 8.83. The number of thiazole rings is 1. The highest BCUT2D eigenvalue weighted by Gasteiger charge is 2.48. The molecule has 1 saturated heterocycles. The van der Waals surface area contributed by atoms with Crippen LogP contribution in [0.3, 0.4) is 0 Å². The summed E-state index contributed by atoms with van der Waals surface area (Å²) < 4.78 is 25.3. The number of hydrogen-bond donors (Lipinski definition) is 1. The maximum Gasteiger partial charge on any atom is 0.301 e. The number of aliphatic hydroxyl groups excluding tert-OH is 1. The fourth-order valence-corrected chi connectivity index (χ4v) is 5.80. The van der Waals surface area contributed by atoms with Crippen molar-refractivity contribution in [3.05, 3.63) is 88.7 Å². The standard InChI is InChI=1S/C28H21FN2O5S/c1-35-19-8-4-15(5-9-19)24-23(25(32)17-6-11-21-16(13-17)3-2-12-36-21)26(33)27(34)31(24)28-30-20-10-7-18(29)14-22(20)37-28/h4-11,13-14,24,32H,2-3,12H2,1H3/b25-23+. The Morgan fingerprint density at radius 2 is 1.95 bits per heavy atom. The molecule has 7 nitrogen and oxygen atoms in total. The van der Waals surface area contributed by atoms with Crippen LogP contribution in [0.15, 0.2) is 66.2 Å². The summed E-state index contributed by atoms with van der Waals surface area (Å²) in [7, 11) is 1.54. The summed E-state index contributed by atoms with van der Waals surface area (Å²) in [6, 6.07) is 15.4. The average molecular weight is 517 g/mol. The number of carbonyl (C=O) groups is 2. The van der Waals surface area contributed by atoms with Gasteiger partial charge in [-0.05, 0) is 72.5 Å². The van der Waals surface area contributed by atoms with Crippen molar-refractivity contribution in [2.75, 3.05) is 18.6 Å². The molecule has 0 bridgehead atoms. The number of benzene rings is 3. The number of rotatable bonds is 4. The molecule has 0 saturated carbocycles. The molecule has 3 heterocycles. The largest absolute Gasteiger partial charge is 0.507 e. The highest BCUT2D eigenvalue weighted by Crippen LogP contribution is 2.45. The van der Waals surface area contributed by atoms with Crippen LogP contribution in [0.1, 0.15) is 29.2 Å². The summed E-state index contributed by atoms with van der Waals surface area (Å²) in [5.41, 5.74) is 2.41. The van der Waals surface area contributed by atoms with E-state index in [1.165, 1.54) is 23.1 Å². The van der Waals surface area contributed by atoms with Crippen LogP contribution in [0.25, 0.3) is 16.0 Å². The molecule has 1 fully saturated rings. The summed E-state index contributed by atoms with van der Waals surface area (Å²) in [4.78, 5) is 32.6. The van der Waals surface area contributed by atoms with Crippen LogP contribution in [0.2, 0.25) is 0 Å². The Kier molecular flexibility index (Phi) is 5.64. The van der Waals surface area contributed by atoms with Crippen molar-refractivity contribution in [1.29, 1.82) is 0 Å². The number of aryl methyl sites for hydroxylation is 1. The topological polar surface area (TPSA) is 89.0 Å². The monoisotopic (exact) mass is 516 g/mol. The molecule has 1 N–H and O–H groups in total. The summed E-state index contributed by atoms with van der Waals surface area (Å²) in [5, 5.41) is 11.7. The molecule has 1 aromatic heterocycles. The zero-order valence-corrected chi connectivity index (χ0v) is 20.5. The van der Waals surface area contributed by atoms with Gasteiger partial charge in [0.15, 0.2) is 5.13 Å². The van der Waals surface area contributed by atoms with Gasteiger partial charge in [-0.1, -0.05) is 23.5 Å². The summed E-state index contributed by atoms with van der Waals surface area (Å²) in [6.07, 6.45) is 1.64. The Morgan fingerprint density at radius 1 is 1.14 bits per heavy atom. The number of Topliss-reactive ketones (excluding diaryl/α,β-unsaturated/α-hetero) is 1. The van der Waals surface area contributed by atoms with Crippen molar-refractivity contribution in [2.45, 2.75) is 18.9 Å². The van der Waals surface area contributed by atoms with Gasteiger partial charge < -0.3 is 14.6 Å². The number of carbonyl (C=O) groups excluding carboxylic acids is 2. The molecule has 4 aromatic rings. The van der Waals surface area contributed by atoms with Crippen LogP contribution in [-0.2, 0) is 16.0 Å². The molecule has 1 unspecified atom stereocenters. The molecule has 37 heavy (non-hydrogen) atoms. The number of fused-ring (bicyclic) bond motifs is 2. The van der Waals surface area contributed by atoms with Crippen molar-refractivity contribution >= 4 is 44.1 Å². The molecular weight excluding hydrogens is 495 g/mol. The molecule has 1 amide bonds. The van der Waals surface area contributed by atoms with Gasteiger partial charge in [-0.2, -0.15) is 0 Å². The number of amides is 1.